The summed E-state index contributed by atoms with van der Waals surface area (Å²) in [4.78, 5) is 22.1. The lowest BCUT2D eigenvalue weighted by atomic mass is 10.0. The molecule has 1 aliphatic carbocycles. The van der Waals surface area contributed by atoms with E-state index in [4.69, 9.17) is 5.11 Å². The molecule has 0 bridgehead atoms. The van der Waals surface area contributed by atoms with Crippen LogP contribution in [0.3, 0.4) is 0 Å². The van der Waals surface area contributed by atoms with Crippen molar-refractivity contribution in [1.29, 1.82) is 0 Å². The Labute approximate surface area is 101 Å². The Balaban J connectivity index is 2.29. The molecule has 2 N–H and O–H groups in total. The lowest BCUT2D eigenvalue weighted by Crippen LogP contribution is -2.42. The van der Waals surface area contributed by atoms with Gasteiger partial charge in [-0.15, -0.1) is 0 Å². The molecule has 0 aliphatic heterocycles. The minimum absolute atomic E-state index is 0.462. The topological polar surface area (TPSA) is 75.6 Å². The van der Waals surface area contributed by atoms with Gasteiger partial charge >= 0.3 is 12.1 Å². The van der Waals surface area contributed by atoms with E-state index in [1.165, 1.54) is 0 Å². The summed E-state index contributed by atoms with van der Waals surface area (Å²) in [6, 6.07) is -0.524. The van der Waals surface area contributed by atoms with Crippen LogP contribution in [0.5, 0.6) is 0 Å². The van der Waals surface area contributed by atoms with E-state index in [-0.39, 0.29) is 0 Å². The molecule has 5 nitrogen and oxygen atoms in total. The van der Waals surface area contributed by atoms with Crippen LogP contribution in [0.4, 0.5) is 13.2 Å². The standard InChI is InChI=1S/C10H14F3NO4/c11-10(12,13)5-18-4-8(15)14-7-3-1-2-6(7)9(16)17/h6-7H,1-5H2,(H,14,15)(H,16,17)/t6-,7+/m1/s1. The first-order valence-electron chi connectivity index (χ1n) is 5.46. The molecule has 0 unspecified atom stereocenters. The number of carboxylic acids is 1. The van der Waals surface area contributed by atoms with Crippen molar-refractivity contribution in [3.63, 3.8) is 0 Å². The molecular formula is C10H14F3NO4. The Bertz CT molecular complexity index is 319. The molecule has 8 heteroatoms. The molecule has 1 aliphatic rings. The number of carbonyl (C=O) groups is 2. The molecule has 18 heavy (non-hydrogen) atoms. The SMILES string of the molecule is O=C(COCC(F)(F)F)N[C@H]1CCC[C@H]1C(=O)O. The molecule has 1 saturated carbocycles. The van der Waals surface area contributed by atoms with E-state index in [1.54, 1.807) is 0 Å². The van der Waals surface area contributed by atoms with Crippen molar-refractivity contribution in [1.82, 2.24) is 5.32 Å². The van der Waals surface area contributed by atoms with E-state index >= 15 is 0 Å². The first kappa shape index (κ1) is 14.7. The number of carbonyl (C=O) groups excluding carboxylic acids is 1. The summed E-state index contributed by atoms with van der Waals surface area (Å²) in [7, 11) is 0. The highest BCUT2D eigenvalue weighted by Gasteiger charge is 2.34. The predicted molar refractivity (Wildman–Crippen MR) is 53.8 cm³/mol. The maximum Gasteiger partial charge on any atom is 0.411 e. The van der Waals surface area contributed by atoms with Gasteiger partial charge in [0.25, 0.3) is 0 Å². The molecule has 0 aromatic heterocycles. The number of rotatable bonds is 5. The van der Waals surface area contributed by atoms with Crippen molar-refractivity contribution < 1.29 is 32.6 Å². The van der Waals surface area contributed by atoms with Gasteiger partial charge < -0.3 is 15.2 Å². The van der Waals surface area contributed by atoms with Crippen LogP contribution in [0, 0.1) is 5.92 Å². The normalized spacial score (nSPS) is 23.9. The van der Waals surface area contributed by atoms with Crippen LogP contribution in [-0.4, -0.2) is 42.4 Å². The highest BCUT2D eigenvalue weighted by Crippen LogP contribution is 2.25. The number of carboxylic acid groups (broad SMARTS) is 1. The number of hydrogen-bond donors (Lipinski definition) is 2. The summed E-state index contributed by atoms with van der Waals surface area (Å²) < 4.78 is 39.4. The Morgan fingerprint density at radius 2 is 2.00 bits per heavy atom. The molecule has 104 valence electrons. The van der Waals surface area contributed by atoms with Gasteiger partial charge in [-0.05, 0) is 12.8 Å². The summed E-state index contributed by atoms with van der Waals surface area (Å²) in [5, 5.41) is 11.2. The van der Waals surface area contributed by atoms with Gasteiger partial charge in [-0.3, -0.25) is 9.59 Å². The third-order valence-corrected chi connectivity index (χ3v) is 2.68. The van der Waals surface area contributed by atoms with E-state index in [9.17, 15) is 22.8 Å². The minimum atomic E-state index is -4.47. The van der Waals surface area contributed by atoms with Gasteiger partial charge in [0.15, 0.2) is 0 Å². The molecule has 0 heterocycles. The van der Waals surface area contributed by atoms with Crippen molar-refractivity contribution >= 4 is 11.9 Å². The van der Waals surface area contributed by atoms with Crippen LogP contribution in [-0.2, 0) is 14.3 Å². The van der Waals surface area contributed by atoms with Crippen LogP contribution in [0.15, 0.2) is 0 Å². The highest BCUT2D eigenvalue weighted by molar-refractivity contribution is 5.79. The number of halogens is 3. The predicted octanol–water partition coefficient (Wildman–Crippen LogP) is 0.935. The van der Waals surface area contributed by atoms with E-state index in [2.05, 4.69) is 10.1 Å². The molecule has 1 fully saturated rings. The summed E-state index contributed by atoms with van der Waals surface area (Å²) in [5.41, 5.74) is 0. The second-order valence-corrected chi connectivity index (χ2v) is 4.16. The molecule has 0 aromatic carbocycles. The van der Waals surface area contributed by atoms with Crippen LogP contribution in [0.2, 0.25) is 0 Å². The summed E-state index contributed by atoms with van der Waals surface area (Å²) >= 11 is 0. The zero-order valence-electron chi connectivity index (χ0n) is 9.50. The monoisotopic (exact) mass is 269 g/mol. The van der Waals surface area contributed by atoms with Crippen molar-refractivity contribution in [2.24, 2.45) is 5.92 Å². The number of ether oxygens (including phenoxy) is 1. The van der Waals surface area contributed by atoms with Gasteiger partial charge in [0.05, 0.1) is 5.92 Å². The summed E-state index contributed by atoms with van der Waals surface area (Å²) in [5.74, 6) is -2.40. The highest BCUT2D eigenvalue weighted by atomic mass is 19.4. The van der Waals surface area contributed by atoms with Crippen LogP contribution < -0.4 is 5.32 Å². The second-order valence-electron chi connectivity index (χ2n) is 4.16. The van der Waals surface area contributed by atoms with Crippen molar-refractivity contribution in [3.8, 4) is 0 Å². The molecule has 0 radical (unpaired) electrons. The Kier molecular flexibility index (Phi) is 4.94. The van der Waals surface area contributed by atoms with Crippen LogP contribution in [0.1, 0.15) is 19.3 Å². The molecule has 2 atom stereocenters. The third-order valence-electron chi connectivity index (χ3n) is 2.68. The maximum absolute atomic E-state index is 11.7. The van der Waals surface area contributed by atoms with Gasteiger partial charge in [0, 0.05) is 6.04 Å². The quantitative estimate of drug-likeness (QED) is 0.778. The Morgan fingerprint density at radius 1 is 1.33 bits per heavy atom. The van der Waals surface area contributed by atoms with Crippen LogP contribution in [0.25, 0.3) is 0 Å². The third kappa shape index (κ3) is 4.91. The minimum Gasteiger partial charge on any atom is -0.481 e. The smallest absolute Gasteiger partial charge is 0.411 e. The van der Waals surface area contributed by atoms with Crippen molar-refractivity contribution in [2.75, 3.05) is 13.2 Å². The van der Waals surface area contributed by atoms with Crippen molar-refractivity contribution in [2.45, 2.75) is 31.5 Å². The molecule has 1 rings (SSSR count). The lowest BCUT2D eigenvalue weighted by molar-refractivity contribution is -0.175. The lowest BCUT2D eigenvalue weighted by Gasteiger charge is -2.17. The molecule has 0 saturated heterocycles. The summed E-state index contributed by atoms with van der Waals surface area (Å²) in [6.07, 6.45) is -2.83. The Hall–Kier alpha value is -1.31. The second kappa shape index (κ2) is 6.03. The number of hydrogen-bond acceptors (Lipinski definition) is 3. The molecular weight excluding hydrogens is 255 g/mol. The Morgan fingerprint density at radius 3 is 2.56 bits per heavy atom. The van der Waals surface area contributed by atoms with Gasteiger partial charge in [-0.2, -0.15) is 13.2 Å². The van der Waals surface area contributed by atoms with Crippen molar-refractivity contribution in [3.05, 3.63) is 0 Å². The first-order chi connectivity index (χ1) is 8.29. The van der Waals surface area contributed by atoms with Gasteiger partial charge in [0.2, 0.25) is 5.91 Å². The van der Waals surface area contributed by atoms with Gasteiger partial charge in [0.1, 0.15) is 13.2 Å². The molecule has 1 amide bonds. The van der Waals surface area contributed by atoms with E-state index in [1.807, 2.05) is 0 Å². The van der Waals surface area contributed by atoms with Crippen LogP contribution >= 0.6 is 0 Å². The van der Waals surface area contributed by atoms with E-state index in [0.29, 0.717) is 19.3 Å². The average Bonchev–Trinajstić information content (AvgIpc) is 2.63. The zero-order valence-corrected chi connectivity index (χ0v) is 9.50. The van der Waals surface area contributed by atoms with E-state index < -0.39 is 43.2 Å². The number of aliphatic carboxylic acids is 1. The number of alkyl halides is 3. The number of amides is 1. The average molecular weight is 269 g/mol. The summed E-state index contributed by atoms with van der Waals surface area (Å²) in [6.45, 7) is -2.21. The van der Waals surface area contributed by atoms with E-state index in [0.717, 1.165) is 0 Å². The van der Waals surface area contributed by atoms with Gasteiger partial charge in [-0.25, -0.2) is 0 Å². The first-order valence-corrected chi connectivity index (χ1v) is 5.46. The maximum atomic E-state index is 11.7. The number of nitrogens with one attached hydrogen (secondary N) is 1. The largest absolute Gasteiger partial charge is 0.481 e. The fraction of sp³-hybridized carbons (Fsp3) is 0.800. The fourth-order valence-electron chi connectivity index (χ4n) is 1.94. The zero-order chi connectivity index (χ0) is 13.8. The van der Waals surface area contributed by atoms with Gasteiger partial charge in [-0.1, -0.05) is 6.42 Å². The molecule has 0 aromatic rings. The molecule has 0 spiro atoms. The fourth-order valence-corrected chi connectivity index (χ4v) is 1.94.